The van der Waals surface area contributed by atoms with E-state index < -0.39 is 30.5 Å². The number of fused-ring (bicyclic) bond motifs is 1. The molecule has 0 bridgehead atoms. The molecule has 3 aromatic carbocycles. The number of carbonyl (C=O) groups is 2. The highest BCUT2D eigenvalue weighted by atomic mass is 19.3. The molecule has 44 heavy (non-hydrogen) atoms. The van der Waals surface area contributed by atoms with Gasteiger partial charge in [-0.15, -0.1) is 0 Å². The molecule has 4 aromatic rings. The number of benzene rings is 3. The average Bonchev–Trinajstić information content (AvgIpc) is 3.70. The lowest BCUT2D eigenvalue weighted by atomic mass is 10.0. The van der Waals surface area contributed by atoms with Crippen LogP contribution >= 0.6 is 0 Å². The smallest absolute Gasteiger partial charge is 0.272 e. The molecule has 2 heterocycles. The molecule has 2 N–H and O–H groups in total. The molecule has 0 saturated carbocycles. The second-order valence-electron chi connectivity index (χ2n) is 10.5. The topological polar surface area (TPSA) is 99.7 Å². The summed E-state index contributed by atoms with van der Waals surface area (Å²) in [6, 6.07) is 11.5. The van der Waals surface area contributed by atoms with Crippen LogP contribution in [0.3, 0.4) is 0 Å². The number of allylic oxidation sites excluding steroid dienone is 1. The number of nitrogen functional groups attached to an aromatic ring is 1. The Morgan fingerprint density at radius 1 is 1.09 bits per heavy atom. The van der Waals surface area contributed by atoms with E-state index in [0.29, 0.717) is 47.3 Å². The predicted molar refractivity (Wildman–Crippen MR) is 155 cm³/mol. The van der Waals surface area contributed by atoms with Crippen molar-refractivity contribution < 1.29 is 36.6 Å². The summed E-state index contributed by atoms with van der Waals surface area (Å²) < 4.78 is 67.2. The summed E-state index contributed by atoms with van der Waals surface area (Å²) in [7, 11) is 0. The highest BCUT2D eigenvalue weighted by Gasteiger charge is 2.30. The highest BCUT2D eigenvalue weighted by Crippen LogP contribution is 2.40. The number of amides is 1. The normalized spacial score (nSPS) is 14.3. The van der Waals surface area contributed by atoms with Gasteiger partial charge in [-0.25, -0.2) is 22.2 Å². The number of alkyl halides is 2. The number of nitrogens with zero attached hydrogens (tertiary/aromatic N) is 3. The van der Waals surface area contributed by atoms with Crippen molar-refractivity contribution in [2.45, 2.75) is 32.6 Å². The molecule has 226 valence electrons. The van der Waals surface area contributed by atoms with Crippen molar-refractivity contribution in [3.05, 3.63) is 94.2 Å². The van der Waals surface area contributed by atoms with E-state index >= 15 is 4.39 Å². The summed E-state index contributed by atoms with van der Waals surface area (Å²) in [5.41, 5.74) is 8.75. The van der Waals surface area contributed by atoms with Crippen molar-refractivity contribution in [1.29, 1.82) is 0 Å². The van der Waals surface area contributed by atoms with Crippen LogP contribution in [0.15, 0.2) is 60.3 Å². The zero-order valence-corrected chi connectivity index (χ0v) is 23.5. The third-order valence-electron chi connectivity index (χ3n) is 7.51. The van der Waals surface area contributed by atoms with Gasteiger partial charge in [0.25, 0.3) is 6.43 Å². The van der Waals surface area contributed by atoms with Crippen LogP contribution in [0.2, 0.25) is 0 Å². The van der Waals surface area contributed by atoms with Gasteiger partial charge in [0, 0.05) is 31.0 Å². The maximum absolute atomic E-state index is 15.3. The van der Waals surface area contributed by atoms with Crippen molar-refractivity contribution in [3.8, 4) is 22.9 Å². The minimum Gasteiger partial charge on any atom is -0.485 e. The number of halogens is 4. The lowest BCUT2D eigenvalue weighted by molar-refractivity contribution is -0.117. The molecule has 1 amide bonds. The van der Waals surface area contributed by atoms with E-state index in [-0.39, 0.29) is 46.6 Å². The van der Waals surface area contributed by atoms with Gasteiger partial charge < -0.3 is 20.1 Å². The van der Waals surface area contributed by atoms with Gasteiger partial charge in [-0.05, 0) is 66.4 Å². The van der Waals surface area contributed by atoms with Gasteiger partial charge in [0.15, 0.2) is 23.2 Å². The first-order valence-electron chi connectivity index (χ1n) is 13.8. The lowest BCUT2D eigenvalue weighted by Gasteiger charge is -2.21. The van der Waals surface area contributed by atoms with E-state index in [0.717, 1.165) is 10.7 Å². The van der Waals surface area contributed by atoms with Crippen LogP contribution in [-0.2, 0) is 11.2 Å². The van der Waals surface area contributed by atoms with E-state index in [2.05, 4.69) is 5.10 Å². The molecule has 1 aliphatic heterocycles. The fourth-order valence-electron chi connectivity index (χ4n) is 5.46. The minimum absolute atomic E-state index is 0.00753. The van der Waals surface area contributed by atoms with Crippen LogP contribution in [0.25, 0.3) is 11.8 Å². The zero-order chi connectivity index (χ0) is 31.1. The molecular weight excluding hydrogens is 580 g/mol. The van der Waals surface area contributed by atoms with Crippen LogP contribution in [0.1, 0.15) is 39.9 Å². The second kappa shape index (κ2) is 11.5. The van der Waals surface area contributed by atoms with Gasteiger partial charge in [0.05, 0.1) is 17.4 Å². The molecule has 1 aliphatic carbocycles. The quantitative estimate of drug-likeness (QED) is 0.174. The Balaban J connectivity index is 1.27. The third kappa shape index (κ3) is 5.38. The second-order valence-corrected chi connectivity index (χ2v) is 10.5. The number of hydrogen-bond donors (Lipinski definition) is 1. The summed E-state index contributed by atoms with van der Waals surface area (Å²) in [5.74, 6) is -1.90. The monoisotopic (exact) mass is 606 g/mol. The summed E-state index contributed by atoms with van der Waals surface area (Å²) in [6.07, 6.45) is 1.32. The highest BCUT2D eigenvalue weighted by molar-refractivity contribution is 6.15. The molecule has 2 aliphatic rings. The molecule has 1 fully saturated rings. The average molecular weight is 607 g/mol. The van der Waals surface area contributed by atoms with E-state index in [1.807, 2.05) is 0 Å². The number of Topliss-reactive ketones (excluding diaryl/α,β-unsaturated/α-hetero) is 1. The molecule has 1 aromatic heterocycles. The maximum atomic E-state index is 15.3. The number of nitrogens with two attached hydrogens (primary N) is 1. The molecule has 1 saturated heterocycles. The van der Waals surface area contributed by atoms with Gasteiger partial charge in [0.1, 0.15) is 29.6 Å². The molecule has 0 radical (unpaired) electrons. The molecule has 12 heteroatoms. The Bertz CT molecular complexity index is 1810. The largest absolute Gasteiger partial charge is 0.485 e. The number of aromatic nitrogens is 2. The van der Waals surface area contributed by atoms with Gasteiger partial charge in [0.2, 0.25) is 5.91 Å². The fourth-order valence-corrected chi connectivity index (χ4v) is 5.46. The van der Waals surface area contributed by atoms with Crippen molar-refractivity contribution in [3.63, 3.8) is 0 Å². The minimum atomic E-state index is -2.71. The van der Waals surface area contributed by atoms with Gasteiger partial charge in [-0.1, -0.05) is 12.1 Å². The number of aryl methyl sites for hydroxylation is 1. The Morgan fingerprint density at radius 2 is 1.89 bits per heavy atom. The van der Waals surface area contributed by atoms with Crippen LogP contribution in [0.5, 0.6) is 17.2 Å². The van der Waals surface area contributed by atoms with Crippen molar-refractivity contribution in [2.75, 3.05) is 23.8 Å². The Kier molecular flexibility index (Phi) is 7.58. The standard InChI is InChI=1S/C32H26F4N4O4/c1-17-9-21(44-26-6-3-2-5-23(26)33)14-24(34)30(17)40-32(37)22(15-38-40)31(42)20-10-18-12-25(39-8-4-7-29(39)41)27(13-19(18)11-20)43-16-28(35)36/h2-3,5-6,9,11-15,28H,4,7-8,10,16,37H2,1H3. The molecular formula is C32H26F4N4O4. The van der Waals surface area contributed by atoms with Gasteiger partial charge >= 0.3 is 0 Å². The number of carbonyl (C=O) groups excluding carboxylic acids is 2. The fraction of sp³-hybridized carbons (Fsp3) is 0.219. The molecule has 0 atom stereocenters. The SMILES string of the molecule is Cc1cc(Oc2ccccc2F)cc(F)c1-n1ncc(C(=O)C2=Cc3cc(OCC(F)F)c(N4CCCC4=O)cc3C2)c1N. The third-order valence-corrected chi connectivity index (χ3v) is 7.51. The first-order valence-corrected chi connectivity index (χ1v) is 13.8. The van der Waals surface area contributed by atoms with Gasteiger partial charge in [-0.3, -0.25) is 9.59 Å². The van der Waals surface area contributed by atoms with E-state index in [4.69, 9.17) is 15.2 Å². The van der Waals surface area contributed by atoms with Gasteiger partial charge in [-0.2, -0.15) is 5.10 Å². The van der Waals surface area contributed by atoms with Crippen LogP contribution < -0.4 is 20.1 Å². The number of para-hydroxylation sites is 1. The number of anilines is 2. The predicted octanol–water partition coefficient (Wildman–Crippen LogP) is 6.43. The summed E-state index contributed by atoms with van der Waals surface area (Å²) in [4.78, 5) is 27.5. The number of rotatable bonds is 9. The maximum Gasteiger partial charge on any atom is 0.272 e. The number of hydrogen-bond acceptors (Lipinski definition) is 6. The van der Waals surface area contributed by atoms with E-state index in [1.54, 1.807) is 31.2 Å². The van der Waals surface area contributed by atoms with Crippen molar-refractivity contribution >= 4 is 29.3 Å². The zero-order valence-electron chi connectivity index (χ0n) is 23.5. The van der Waals surface area contributed by atoms with Crippen molar-refractivity contribution in [1.82, 2.24) is 9.78 Å². The number of ether oxygens (including phenoxy) is 2. The lowest BCUT2D eigenvalue weighted by Crippen LogP contribution is -2.25. The number of ketones is 1. The molecule has 8 nitrogen and oxygen atoms in total. The van der Waals surface area contributed by atoms with Crippen molar-refractivity contribution in [2.24, 2.45) is 0 Å². The molecule has 0 spiro atoms. The summed E-state index contributed by atoms with van der Waals surface area (Å²) in [6.45, 7) is 1.19. The Labute approximate surface area is 249 Å². The van der Waals surface area contributed by atoms with Crippen LogP contribution in [0, 0.1) is 18.6 Å². The van der Waals surface area contributed by atoms with Crippen LogP contribution in [-0.4, -0.2) is 41.0 Å². The van der Waals surface area contributed by atoms with E-state index in [1.165, 1.54) is 35.4 Å². The first kappa shape index (κ1) is 29.0. The van der Waals surface area contributed by atoms with E-state index in [9.17, 15) is 22.8 Å². The summed E-state index contributed by atoms with van der Waals surface area (Å²) in [5, 5.41) is 4.17. The first-order chi connectivity index (χ1) is 21.1. The summed E-state index contributed by atoms with van der Waals surface area (Å²) >= 11 is 0. The molecule has 6 rings (SSSR count). The Morgan fingerprint density at radius 3 is 2.59 bits per heavy atom. The Hall–Kier alpha value is -5.13. The molecule has 0 unspecified atom stereocenters. The van der Waals surface area contributed by atoms with Crippen LogP contribution in [0.4, 0.5) is 29.1 Å².